The molecule has 0 aromatic heterocycles. The van der Waals surface area contributed by atoms with Gasteiger partial charge >= 0.3 is 5.97 Å². The van der Waals surface area contributed by atoms with Gasteiger partial charge < -0.3 is 19.1 Å². The van der Waals surface area contributed by atoms with Crippen molar-refractivity contribution in [2.24, 2.45) is 0 Å². The molecule has 5 nitrogen and oxygen atoms in total. The van der Waals surface area contributed by atoms with Gasteiger partial charge in [0.25, 0.3) is 0 Å². The van der Waals surface area contributed by atoms with Crippen LogP contribution in [0.2, 0.25) is 0 Å². The van der Waals surface area contributed by atoms with E-state index in [1.807, 2.05) is 56.3 Å². The predicted octanol–water partition coefficient (Wildman–Crippen LogP) is 3.44. The van der Waals surface area contributed by atoms with Crippen LogP contribution < -0.4 is 14.4 Å². The van der Waals surface area contributed by atoms with Crippen LogP contribution in [-0.2, 0) is 11.3 Å². The van der Waals surface area contributed by atoms with Crippen LogP contribution in [0.4, 0.5) is 5.69 Å². The van der Waals surface area contributed by atoms with Gasteiger partial charge in [0.15, 0.2) is 11.5 Å². The summed E-state index contributed by atoms with van der Waals surface area (Å²) < 4.78 is 16.0. The highest BCUT2D eigenvalue weighted by Crippen LogP contribution is 2.30. The Morgan fingerprint density at radius 1 is 1.04 bits per heavy atom. The van der Waals surface area contributed by atoms with E-state index in [1.165, 1.54) is 0 Å². The number of anilines is 1. The molecule has 0 spiro atoms. The molecule has 0 saturated heterocycles. The van der Waals surface area contributed by atoms with Crippen molar-refractivity contribution in [2.45, 2.75) is 13.5 Å². The Bertz CT molecular complexity index is 725. The first-order valence-electron chi connectivity index (χ1n) is 7.62. The normalized spacial score (nSPS) is 10.2. The molecule has 0 bridgehead atoms. The second-order valence-electron chi connectivity index (χ2n) is 5.65. The van der Waals surface area contributed by atoms with Gasteiger partial charge in [-0.05, 0) is 48.4 Å². The molecule has 0 radical (unpaired) electrons. The Kier molecular flexibility index (Phi) is 5.68. The Balaban J connectivity index is 2.13. The van der Waals surface area contributed by atoms with E-state index < -0.39 is 0 Å². The molecular formula is C19H23NO4. The third-order valence-electron chi connectivity index (χ3n) is 3.80. The average Bonchev–Trinajstić information content (AvgIpc) is 2.60. The molecule has 2 aromatic rings. The number of carbonyl (C=O) groups is 1. The quantitative estimate of drug-likeness (QED) is 0.760. The maximum absolute atomic E-state index is 12.3. The maximum Gasteiger partial charge on any atom is 0.338 e. The molecule has 0 N–H and O–H groups in total. The summed E-state index contributed by atoms with van der Waals surface area (Å²) in [5.74, 6) is 0.917. The molecule has 0 aliphatic carbocycles. The zero-order valence-corrected chi connectivity index (χ0v) is 14.8. The Labute approximate surface area is 142 Å². The number of esters is 1. The average molecular weight is 329 g/mol. The van der Waals surface area contributed by atoms with Gasteiger partial charge in [-0.2, -0.15) is 0 Å². The molecule has 24 heavy (non-hydrogen) atoms. The van der Waals surface area contributed by atoms with Crippen LogP contribution in [0.15, 0.2) is 36.4 Å². The molecule has 0 saturated carbocycles. The molecular weight excluding hydrogens is 306 g/mol. The van der Waals surface area contributed by atoms with E-state index in [2.05, 4.69) is 0 Å². The van der Waals surface area contributed by atoms with Gasteiger partial charge in [0, 0.05) is 19.8 Å². The molecule has 0 unspecified atom stereocenters. The fraction of sp³-hybridized carbons (Fsp3) is 0.316. The molecule has 5 heteroatoms. The minimum absolute atomic E-state index is 0.178. The number of benzene rings is 2. The van der Waals surface area contributed by atoms with E-state index in [0.29, 0.717) is 17.1 Å². The largest absolute Gasteiger partial charge is 0.493 e. The van der Waals surface area contributed by atoms with Crippen LogP contribution in [0.25, 0.3) is 0 Å². The van der Waals surface area contributed by atoms with Crippen LogP contribution in [0, 0.1) is 6.92 Å². The lowest BCUT2D eigenvalue weighted by Crippen LogP contribution is -2.11. The van der Waals surface area contributed by atoms with Crippen molar-refractivity contribution in [3.8, 4) is 11.5 Å². The van der Waals surface area contributed by atoms with E-state index in [-0.39, 0.29) is 12.6 Å². The zero-order chi connectivity index (χ0) is 17.7. The number of hydrogen-bond donors (Lipinski definition) is 0. The fourth-order valence-electron chi connectivity index (χ4n) is 2.32. The summed E-state index contributed by atoms with van der Waals surface area (Å²) in [7, 11) is 7.03. The summed E-state index contributed by atoms with van der Waals surface area (Å²) in [5.41, 5.74) is 3.33. The first kappa shape index (κ1) is 17.7. The van der Waals surface area contributed by atoms with Crippen LogP contribution in [0.3, 0.4) is 0 Å². The minimum atomic E-state index is -0.354. The number of aryl methyl sites for hydroxylation is 1. The van der Waals surface area contributed by atoms with Gasteiger partial charge in [-0.25, -0.2) is 4.79 Å². The predicted molar refractivity (Wildman–Crippen MR) is 94.2 cm³/mol. The maximum atomic E-state index is 12.3. The van der Waals surface area contributed by atoms with E-state index in [9.17, 15) is 4.79 Å². The van der Waals surface area contributed by atoms with Crippen molar-refractivity contribution in [3.63, 3.8) is 0 Å². The van der Waals surface area contributed by atoms with E-state index in [1.54, 1.807) is 20.3 Å². The molecule has 128 valence electrons. The minimum Gasteiger partial charge on any atom is -0.493 e. The smallest absolute Gasteiger partial charge is 0.338 e. The third kappa shape index (κ3) is 3.98. The number of ether oxygens (including phenoxy) is 3. The summed E-state index contributed by atoms with van der Waals surface area (Å²) in [5, 5.41) is 0. The Morgan fingerprint density at radius 2 is 1.71 bits per heavy atom. The highest BCUT2D eigenvalue weighted by molar-refractivity contribution is 5.90. The molecule has 0 aliphatic rings. The van der Waals surface area contributed by atoms with Gasteiger partial charge in [-0.1, -0.05) is 6.07 Å². The van der Waals surface area contributed by atoms with Crippen molar-refractivity contribution in [1.29, 1.82) is 0 Å². The van der Waals surface area contributed by atoms with Gasteiger partial charge in [0.1, 0.15) is 6.61 Å². The van der Waals surface area contributed by atoms with Crippen molar-refractivity contribution in [2.75, 3.05) is 33.2 Å². The highest BCUT2D eigenvalue weighted by Gasteiger charge is 2.12. The monoisotopic (exact) mass is 329 g/mol. The van der Waals surface area contributed by atoms with Crippen LogP contribution in [0.5, 0.6) is 11.5 Å². The third-order valence-corrected chi connectivity index (χ3v) is 3.80. The number of nitrogens with zero attached hydrogens (tertiary/aromatic N) is 1. The van der Waals surface area contributed by atoms with Gasteiger partial charge in [-0.15, -0.1) is 0 Å². The Morgan fingerprint density at radius 3 is 2.33 bits per heavy atom. The SMILES string of the molecule is COc1cc(C)c(COC(=O)c2cccc(N(C)C)c2)cc1OC. The van der Waals surface area contributed by atoms with Gasteiger partial charge in [0.2, 0.25) is 0 Å². The summed E-state index contributed by atoms with van der Waals surface area (Å²) in [4.78, 5) is 14.2. The van der Waals surface area contributed by atoms with Gasteiger partial charge in [0.05, 0.1) is 19.8 Å². The summed E-state index contributed by atoms with van der Waals surface area (Å²) >= 11 is 0. The zero-order valence-electron chi connectivity index (χ0n) is 14.8. The Hall–Kier alpha value is -2.69. The number of rotatable bonds is 6. The first-order chi connectivity index (χ1) is 11.5. The second kappa shape index (κ2) is 7.73. The van der Waals surface area contributed by atoms with Crippen molar-refractivity contribution < 1.29 is 19.0 Å². The standard InChI is InChI=1S/C19H23NO4/c1-13-9-17(22-4)18(23-5)11-15(13)12-24-19(21)14-7-6-8-16(10-14)20(2)3/h6-11H,12H2,1-5H3. The molecule has 0 aliphatic heterocycles. The van der Waals surface area contributed by atoms with Crippen LogP contribution in [0.1, 0.15) is 21.5 Å². The molecule has 0 atom stereocenters. The lowest BCUT2D eigenvalue weighted by atomic mass is 10.1. The molecule has 2 rings (SSSR count). The molecule has 0 amide bonds. The lowest BCUT2D eigenvalue weighted by Gasteiger charge is -2.14. The summed E-state index contributed by atoms with van der Waals surface area (Å²) in [6.45, 7) is 2.12. The van der Waals surface area contributed by atoms with Crippen molar-refractivity contribution in [3.05, 3.63) is 53.1 Å². The van der Waals surface area contributed by atoms with E-state index in [4.69, 9.17) is 14.2 Å². The second-order valence-corrected chi connectivity index (χ2v) is 5.65. The van der Waals surface area contributed by atoms with Gasteiger partial charge in [-0.3, -0.25) is 0 Å². The molecule has 0 fully saturated rings. The molecule has 0 heterocycles. The lowest BCUT2D eigenvalue weighted by molar-refractivity contribution is 0.0472. The van der Waals surface area contributed by atoms with E-state index >= 15 is 0 Å². The first-order valence-corrected chi connectivity index (χ1v) is 7.62. The molecule has 2 aromatic carbocycles. The van der Waals surface area contributed by atoms with Crippen LogP contribution >= 0.6 is 0 Å². The fourth-order valence-corrected chi connectivity index (χ4v) is 2.32. The number of carbonyl (C=O) groups excluding carboxylic acids is 1. The van der Waals surface area contributed by atoms with Crippen molar-refractivity contribution in [1.82, 2.24) is 0 Å². The number of hydrogen-bond acceptors (Lipinski definition) is 5. The van der Waals surface area contributed by atoms with Crippen molar-refractivity contribution >= 4 is 11.7 Å². The number of methoxy groups -OCH3 is 2. The summed E-state index contributed by atoms with van der Waals surface area (Å²) in [6, 6.07) is 11.0. The van der Waals surface area contributed by atoms with E-state index in [0.717, 1.165) is 16.8 Å². The van der Waals surface area contributed by atoms with Crippen LogP contribution in [-0.4, -0.2) is 34.3 Å². The highest BCUT2D eigenvalue weighted by atomic mass is 16.5. The summed E-state index contributed by atoms with van der Waals surface area (Å²) in [6.07, 6.45) is 0. The topological polar surface area (TPSA) is 48.0 Å².